The van der Waals surface area contributed by atoms with E-state index in [1.165, 1.54) is 0 Å². The number of hydrogen-bond acceptors (Lipinski definition) is 2. The highest BCUT2D eigenvalue weighted by Crippen LogP contribution is 2.12. The third kappa shape index (κ3) is 2.31. The molecule has 58 valence electrons. The van der Waals surface area contributed by atoms with Crippen molar-refractivity contribution in [2.75, 3.05) is 0 Å². The number of amides is 1. The van der Waals surface area contributed by atoms with Crippen LogP contribution in [0.5, 0.6) is 0 Å². The average Bonchev–Trinajstić information content (AvgIpc) is 1.93. The van der Waals surface area contributed by atoms with Crippen molar-refractivity contribution in [2.45, 2.75) is 6.42 Å². The molecule has 2 N–H and O–H groups in total. The molecule has 1 amide bonds. The first-order valence-electron chi connectivity index (χ1n) is 3.08. The lowest BCUT2D eigenvalue weighted by molar-refractivity contribution is -0.117. The first-order valence-corrected chi connectivity index (χ1v) is 3.87. The van der Waals surface area contributed by atoms with Crippen LogP contribution in [0.15, 0.2) is 22.8 Å². The van der Waals surface area contributed by atoms with Gasteiger partial charge in [0.05, 0.1) is 12.1 Å². The van der Waals surface area contributed by atoms with E-state index in [0.29, 0.717) is 5.69 Å². The number of carbonyl (C=O) groups excluding carboxylic acids is 1. The van der Waals surface area contributed by atoms with Crippen molar-refractivity contribution in [3.05, 3.63) is 28.5 Å². The normalized spacial score (nSPS) is 9.55. The van der Waals surface area contributed by atoms with Gasteiger partial charge in [-0.15, -0.1) is 0 Å². The number of carbonyl (C=O) groups is 1. The van der Waals surface area contributed by atoms with Crippen molar-refractivity contribution < 1.29 is 4.79 Å². The second-order valence-electron chi connectivity index (χ2n) is 2.08. The van der Waals surface area contributed by atoms with Crippen LogP contribution in [0.2, 0.25) is 0 Å². The van der Waals surface area contributed by atoms with Crippen LogP contribution in [0.3, 0.4) is 0 Å². The Morgan fingerprint density at radius 3 is 3.00 bits per heavy atom. The zero-order valence-electron chi connectivity index (χ0n) is 5.75. The molecule has 0 unspecified atom stereocenters. The number of primary amides is 1. The van der Waals surface area contributed by atoms with Crippen molar-refractivity contribution in [2.24, 2.45) is 5.73 Å². The van der Waals surface area contributed by atoms with Gasteiger partial charge in [-0.25, -0.2) is 0 Å². The molecule has 1 aromatic rings. The van der Waals surface area contributed by atoms with E-state index in [2.05, 4.69) is 20.9 Å². The zero-order chi connectivity index (χ0) is 8.27. The van der Waals surface area contributed by atoms with Crippen molar-refractivity contribution in [1.82, 2.24) is 4.98 Å². The third-order valence-electron chi connectivity index (χ3n) is 1.18. The molecule has 0 bridgehead atoms. The number of hydrogen-bond donors (Lipinski definition) is 1. The van der Waals surface area contributed by atoms with E-state index in [4.69, 9.17) is 5.73 Å². The molecule has 0 aromatic carbocycles. The van der Waals surface area contributed by atoms with Crippen molar-refractivity contribution in [3.8, 4) is 0 Å². The second-order valence-corrected chi connectivity index (χ2v) is 2.93. The molecule has 0 fully saturated rings. The molecule has 3 nitrogen and oxygen atoms in total. The third-order valence-corrected chi connectivity index (χ3v) is 1.90. The van der Waals surface area contributed by atoms with E-state index >= 15 is 0 Å². The van der Waals surface area contributed by atoms with E-state index < -0.39 is 0 Å². The average molecular weight is 215 g/mol. The first kappa shape index (κ1) is 8.20. The van der Waals surface area contributed by atoms with Gasteiger partial charge in [-0.3, -0.25) is 9.78 Å². The van der Waals surface area contributed by atoms with Gasteiger partial charge < -0.3 is 5.73 Å². The Morgan fingerprint density at radius 2 is 2.45 bits per heavy atom. The molecule has 0 spiro atoms. The highest BCUT2D eigenvalue weighted by atomic mass is 79.9. The second kappa shape index (κ2) is 3.48. The van der Waals surface area contributed by atoms with Gasteiger partial charge in [0.2, 0.25) is 5.91 Å². The van der Waals surface area contributed by atoms with Crippen LogP contribution in [0.25, 0.3) is 0 Å². The van der Waals surface area contributed by atoms with Gasteiger partial charge in [-0.2, -0.15) is 0 Å². The van der Waals surface area contributed by atoms with Crippen molar-refractivity contribution >= 4 is 21.8 Å². The predicted octanol–water partition coefficient (Wildman–Crippen LogP) is 0.872. The molecular weight excluding hydrogens is 208 g/mol. The summed E-state index contributed by atoms with van der Waals surface area (Å²) >= 11 is 3.25. The number of halogens is 1. The molecule has 0 saturated carbocycles. The number of nitrogens with two attached hydrogens (primary N) is 1. The highest BCUT2D eigenvalue weighted by Gasteiger charge is 2.02. The van der Waals surface area contributed by atoms with Gasteiger partial charge in [-0.05, 0) is 28.1 Å². The lowest BCUT2D eigenvalue weighted by atomic mass is 10.3. The van der Waals surface area contributed by atoms with E-state index in [9.17, 15) is 4.79 Å². The Hall–Kier alpha value is -0.900. The maximum absolute atomic E-state index is 10.5. The van der Waals surface area contributed by atoms with E-state index in [1.807, 2.05) is 6.07 Å². The van der Waals surface area contributed by atoms with Gasteiger partial charge in [0.25, 0.3) is 0 Å². The molecule has 0 atom stereocenters. The largest absolute Gasteiger partial charge is 0.369 e. The Bertz CT molecular complexity index is 275. The minimum Gasteiger partial charge on any atom is -0.369 e. The van der Waals surface area contributed by atoms with Crippen LogP contribution in [0, 0.1) is 0 Å². The summed E-state index contributed by atoms with van der Waals surface area (Å²) in [6.07, 6.45) is 1.81. The summed E-state index contributed by atoms with van der Waals surface area (Å²) in [5.74, 6) is -0.371. The molecule has 0 radical (unpaired) electrons. The number of nitrogens with zero attached hydrogens (tertiary/aromatic N) is 1. The fraction of sp³-hybridized carbons (Fsp3) is 0.143. The molecule has 1 heterocycles. The zero-order valence-corrected chi connectivity index (χ0v) is 7.34. The SMILES string of the molecule is NC(=O)Cc1ncccc1Br. The van der Waals surface area contributed by atoms with Gasteiger partial charge in [-0.1, -0.05) is 0 Å². The van der Waals surface area contributed by atoms with Gasteiger partial charge in [0.1, 0.15) is 0 Å². The molecule has 0 saturated heterocycles. The van der Waals surface area contributed by atoms with Crippen molar-refractivity contribution in [3.63, 3.8) is 0 Å². The Labute approximate surface area is 72.7 Å². The van der Waals surface area contributed by atoms with Gasteiger partial charge in [0, 0.05) is 10.7 Å². The van der Waals surface area contributed by atoms with Crippen LogP contribution in [-0.4, -0.2) is 10.9 Å². The summed E-state index contributed by atoms with van der Waals surface area (Å²) in [5, 5.41) is 0. The lowest BCUT2D eigenvalue weighted by Gasteiger charge is -1.97. The van der Waals surface area contributed by atoms with Crippen LogP contribution >= 0.6 is 15.9 Å². The highest BCUT2D eigenvalue weighted by molar-refractivity contribution is 9.10. The maximum atomic E-state index is 10.5. The number of aromatic nitrogens is 1. The first-order chi connectivity index (χ1) is 5.20. The van der Waals surface area contributed by atoms with Crippen LogP contribution in [0.4, 0.5) is 0 Å². The lowest BCUT2D eigenvalue weighted by Crippen LogP contribution is -2.14. The maximum Gasteiger partial charge on any atom is 0.223 e. The summed E-state index contributed by atoms with van der Waals surface area (Å²) in [6, 6.07) is 3.61. The minimum atomic E-state index is -0.371. The summed E-state index contributed by atoms with van der Waals surface area (Å²) < 4.78 is 0.818. The summed E-state index contributed by atoms with van der Waals surface area (Å²) in [5.41, 5.74) is 5.67. The van der Waals surface area contributed by atoms with Gasteiger partial charge in [0.15, 0.2) is 0 Å². The Kier molecular flexibility index (Phi) is 2.59. The molecule has 0 aliphatic heterocycles. The molecule has 0 aliphatic rings. The van der Waals surface area contributed by atoms with Gasteiger partial charge >= 0.3 is 0 Å². The monoisotopic (exact) mass is 214 g/mol. The van der Waals surface area contributed by atoms with Crippen LogP contribution in [0.1, 0.15) is 5.69 Å². The standard InChI is InChI=1S/C7H7BrN2O/c8-5-2-1-3-10-6(5)4-7(9)11/h1-3H,4H2,(H2,9,11). The molecule has 1 rings (SSSR count). The molecule has 11 heavy (non-hydrogen) atoms. The Morgan fingerprint density at radius 1 is 1.73 bits per heavy atom. The van der Waals surface area contributed by atoms with E-state index in [-0.39, 0.29) is 12.3 Å². The summed E-state index contributed by atoms with van der Waals surface area (Å²) in [4.78, 5) is 14.5. The summed E-state index contributed by atoms with van der Waals surface area (Å²) in [6.45, 7) is 0. The topological polar surface area (TPSA) is 56.0 Å². The fourth-order valence-corrected chi connectivity index (χ4v) is 1.11. The van der Waals surface area contributed by atoms with Crippen LogP contribution < -0.4 is 5.73 Å². The smallest absolute Gasteiger partial charge is 0.223 e. The molecular formula is C7H7BrN2O. The Balaban J connectivity index is 2.86. The molecule has 0 aliphatic carbocycles. The fourth-order valence-electron chi connectivity index (χ4n) is 0.713. The van der Waals surface area contributed by atoms with E-state index in [0.717, 1.165) is 4.47 Å². The number of pyridine rings is 1. The quantitative estimate of drug-likeness (QED) is 0.795. The molecule has 4 heteroatoms. The van der Waals surface area contributed by atoms with Crippen LogP contribution in [-0.2, 0) is 11.2 Å². The number of rotatable bonds is 2. The minimum absolute atomic E-state index is 0.182. The summed E-state index contributed by atoms with van der Waals surface area (Å²) in [7, 11) is 0. The predicted molar refractivity (Wildman–Crippen MR) is 44.8 cm³/mol. The van der Waals surface area contributed by atoms with E-state index in [1.54, 1.807) is 12.3 Å². The van der Waals surface area contributed by atoms with Crippen molar-refractivity contribution in [1.29, 1.82) is 0 Å². The molecule has 1 aromatic heterocycles.